The predicted molar refractivity (Wildman–Crippen MR) is 64.6 cm³/mol. The van der Waals surface area contributed by atoms with Crippen LogP contribution >= 0.6 is 0 Å². The van der Waals surface area contributed by atoms with Crippen LogP contribution in [0.25, 0.3) is 0 Å². The Labute approximate surface area is 103 Å². The molecule has 2 rings (SSSR count). The molecular weight excluding hydrogens is 237 g/mol. The summed E-state index contributed by atoms with van der Waals surface area (Å²) in [6.45, 7) is 1.80. The number of carboxylic acids is 1. The highest BCUT2D eigenvalue weighted by Gasteiger charge is 2.10. The van der Waals surface area contributed by atoms with E-state index in [0.717, 1.165) is 11.8 Å². The van der Waals surface area contributed by atoms with Gasteiger partial charge < -0.3 is 10.4 Å². The van der Waals surface area contributed by atoms with E-state index in [2.05, 4.69) is 10.4 Å². The summed E-state index contributed by atoms with van der Waals surface area (Å²) in [5.74, 6) is -1.77. The number of rotatable bonds is 3. The second kappa shape index (κ2) is 4.48. The molecule has 0 saturated heterocycles. The summed E-state index contributed by atoms with van der Waals surface area (Å²) in [5.41, 5.74) is 1.55. The molecule has 0 atom stereocenters. The highest BCUT2D eigenvalue weighted by molar-refractivity contribution is 5.88. The van der Waals surface area contributed by atoms with Gasteiger partial charge in [-0.2, -0.15) is 5.10 Å². The van der Waals surface area contributed by atoms with Gasteiger partial charge in [0.1, 0.15) is 5.82 Å². The molecule has 1 heterocycles. The van der Waals surface area contributed by atoms with E-state index >= 15 is 0 Å². The van der Waals surface area contributed by atoms with E-state index in [1.54, 1.807) is 24.9 Å². The molecule has 2 N–H and O–H groups in total. The van der Waals surface area contributed by atoms with Gasteiger partial charge in [-0.15, -0.1) is 0 Å². The van der Waals surface area contributed by atoms with Crippen molar-refractivity contribution in [3.05, 3.63) is 41.5 Å². The number of aromatic nitrogens is 2. The number of halogens is 1. The summed E-state index contributed by atoms with van der Waals surface area (Å²) in [6, 6.07) is 3.72. The molecule has 0 bridgehead atoms. The molecule has 0 aliphatic rings. The smallest absolute Gasteiger partial charge is 0.335 e. The van der Waals surface area contributed by atoms with E-state index in [1.807, 2.05) is 0 Å². The average molecular weight is 249 g/mol. The first-order valence-corrected chi connectivity index (χ1v) is 5.27. The van der Waals surface area contributed by atoms with Crippen LogP contribution in [0.2, 0.25) is 0 Å². The molecule has 0 spiro atoms. The fraction of sp³-hybridized carbons (Fsp3) is 0.167. The maximum absolute atomic E-state index is 13.7. The molecule has 0 fully saturated rings. The first-order valence-electron chi connectivity index (χ1n) is 5.27. The van der Waals surface area contributed by atoms with Gasteiger partial charge in [-0.1, -0.05) is 0 Å². The normalized spacial score (nSPS) is 10.4. The van der Waals surface area contributed by atoms with Gasteiger partial charge in [0.25, 0.3) is 0 Å². The Hall–Kier alpha value is -2.37. The van der Waals surface area contributed by atoms with Crippen molar-refractivity contribution in [3.8, 4) is 0 Å². The van der Waals surface area contributed by atoms with E-state index in [9.17, 15) is 9.18 Å². The Kier molecular flexibility index (Phi) is 3.01. The van der Waals surface area contributed by atoms with Crippen molar-refractivity contribution < 1.29 is 14.3 Å². The number of carboxylic acid groups (broad SMARTS) is 1. The van der Waals surface area contributed by atoms with E-state index in [1.165, 1.54) is 12.1 Å². The number of aryl methyl sites for hydroxylation is 2. The Morgan fingerprint density at radius 2 is 2.17 bits per heavy atom. The van der Waals surface area contributed by atoms with Gasteiger partial charge >= 0.3 is 5.97 Å². The van der Waals surface area contributed by atoms with Gasteiger partial charge in [0, 0.05) is 13.2 Å². The zero-order valence-electron chi connectivity index (χ0n) is 9.94. The molecular formula is C12H12FN3O2. The number of aromatic carboxylic acids is 1. The lowest BCUT2D eigenvalue weighted by molar-refractivity contribution is 0.0696. The van der Waals surface area contributed by atoms with Gasteiger partial charge in [0.2, 0.25) is 0 Å². The number of hydrogen-bond acceptors (Lipinski definition) is 3. The minimum atomic E-state index is -1.15. The topological polar surface area (TPSA) is 67.2 Å². The van der Waals surface area contributed by atoms with Crippen LogP contribution in [0, 0.1) is 12.7 Å². The molecule has 0 unspecified atom stereocenters. The molecule has 0 radical (unpaired) electrons. The minimum Gasteiger partial charge on any atom is -0.478 e. The fourth-order valence-corrected chi connectivity index (χ4v) is 1.62. The summed E-state index contributed by atoms with van der Waals surface area (Å²) >= 11 is 0. The third-order valence-electron chi connectivity index (χ3n) is 2.50. The van der Waals surface area contributed by atoms with Crippen molar-refractivity contribution in [2.75, 3.05) is 5.32 Å². The Morgan fingerprint density at radius 3 is 2.67 bits per heavy atom. The number of hydrogen-bond donors (Lipinski definition) is 2. The highest BCUT2D eigenvalue weighted by Crippen LogP contribution is 2.22. The number of nitrogens with one attached hydrogen (secondary N) is 1. The van der Waals surface area contributed by atoms with Crippen LogP contribution in [-0.4, -0.2) is 20.9 Å². The molecule has 1 aromatic heterocycles. The lowest BCUT2D eigenvalue weighted by atomic mass is 10.2. The zero-order chi connectivity index (χ0) is 13.3. The molecule has 0 amide bonds. The van der Waals surface area contributed by atoms with Crippen molar-refractivity contribution in [2.45, 2.75) is 6.92 Å². The van der Waals surface area contributed by atoms with Crippen LogP contribution in [0.5, 0.6) is 0 Å². The minimum absolute atomic E-state index is 0.0824. The van der Waals surface area contributed by atoms with Gasteiger partial charge in [0.05, 0.1) is 22.6 Å². The second-order valence-electron chi connectivity index (χ2n) is 3.93. The van der Waals surface area contributed by atoms with E-state index < -0.39 is 11.8 Å². The molecule has 1 aromatic carbocycles. The zero-order valence-corrected chi connectivity index (χ0v) is 9.94. The van der Waals surface area contributed by atoms with Crippen molar-refractivity contribution in [1.29, 1.82) is 0 Å². The van der Waals surface area contributed by atoms with Crippen molar-refractivity contribution in [1.82, 2.24) is 9.78 Å². The average Bonchev–Trinajstić information content (AvgIpc) is 2.60. The number of carbonyl (C=O) groups is 1. The molecule has 94 valence electrons. The van der Waals surface area contributed by atoms with Crippen LogP contribution in [0.1, 0.15) is 16.1 Å². The quantitative estimate of drug-likeness (QED) is 0.875. The maximum Gasteiger partial charge on any atom is 0.335 e. The van der Waals surface area contributed by atoms with Gasteiger partial charge in [0.15, 0.2) is 0 Å². The lowest BCUT2D eigenvalue weighted by Crippen LogP contribution is -2.00. The Bertz CT molecular complexity index is 607. The van der Waals surface area contributed by atoms with Crippen molar-refractivity contribution in [2.24, 2.45) is 7.05 Å². The van der Waals surface area contributed by atoms with E-state index in [0.29, 0.717) is 5.69 Å². The molecule has 5 nitrogen and oxygen atoms in total. The van der Waals surface area contributed by atoms with Gasteiger partial charge in [-0.05, 0) is 25.1 Å². The van der Waals surface area contributed by atoms with Crippen LogP contribution in [0.4, 0.5) is 15.8 Å². The van der Waals surface area contributed by atoms with E-state index in [-0.39, 0.29) is 11.3 Å². The fourth-order valence-electron chi connectivity index (χ4n) is 1.62. The molecule has 18 heavy (non-hydrogen) atoms. The number of benzene rings is 1. The summed E-state index contributed by atoms with van der Waals surface area (Å²) in [6.07, 6.45) is 1.72. The Morgan fingerprint density at radius 1 is 1.44 bits per heavy atom. The summed E-state index contributed by atoms with van der Waals surface area (Å²) < 4.78 is 15.3. The number of anilines is 2. The Balaban J connectivity index is 2.30. The standard InChI is InChI=1S/C12H12FN3O2/c1-7-11(6-16(2)15-7)14-10-4-3-8(12(17)18)5-9(10)13/h3-6,14H,1-2H3,(H,17,18). The number of nitrogens with zero attached hydrogens (tertiary/aromatic N) is 2. The van der Waals surface area contributed by atoms with Gasteiger partial charge in [-0.25, -0.2) is 9.18 Å². The van der Waals surface area contributed by atoms with Crippen LogP contribution in [0.15, 0.2) is 24.4 Å². The molecule has 0 aliphatic heterocycles. The third-order valence-corrected chi connectivity index (χ3v) is 2.50. The molecule has 0 aliphatic carbocycles. The largest absolute Gasteiger partial charge is 0.478 e. The van der Waals surface area contributed by atoms with Crippen molar-refractivity contribution in [3.63, 3.8) is 0 Å². The van der Waals surface area contributed by atoms with Crippen molar-refractivity contribution >= 4 is 17.3 Å². The SMILES string of the molecule is Cc1nn(C)cc1Nc1ccc(C(=O)O)cc1F. The first kappa shape index (κ1) is 12.1. The predicted octanol–water partition coefficient (Wildman–Crippen LogP) is 2.31. The monoisotopic (exact) mass is 249 g/mol. The van der Waals surface area contributed by atoms with E-state index in [4.69, 9.17) is 5.11 Å². The molecule has 2 aromatic rings. The van der Waals surface area contributed by atoms with Gasteiger partial charge in [-0.3, -0.25) is 4.68 Å². The first-order chi connectivity index (χ1) is 8.47. The molecule has 6 heteroatoms. The highest BCUT2D eigenvalue weighted by atomic mass is 19.1. The van der Waals surface area contributed by atoms with Crippen LogP contribution in [0.3, 0.4) is 0 Å². The summed E-state index contributed by atoms with van der Waals surface area (Å²) in [4.78, 5) is 10.7. The third kappa shape index (κ3) is 2.32. The summed E-state index contributed by atoms with van der Waals surface area (Å²) in [7, 11) is 1.77. The van der Waals surface area contributed by atoms with Crippen LogP contribution in [-0.2, 0) is 7.05 Å². The summed E-state index contributed by atoms with van der Waals surface area (Å²) in [5, 5.41) is 15.7. The van der Waals surface area contributed by atoms with Crippen LogP contribution < -0.4 is 5.32 Å². The molecule has 0 saturated carbocycles. The lowest BCUT2D eigenvalue weighted by Gasteiger charge is -2.06. The maximum atomic E-state index is 13.7. The second-order valence-corrected chi connectivity index (χ2v) is 3.93.